The first kappa shape index (κ1) is 35.2. The van der Waals surface area contributed by atoms with Gasteiger partial charge in [0.1, 0.15) is 0 Å². The lowest BCUT2D eigenvalue weighted by Gasteiger charge is -2.30. The summed E-state index contributed by atoms with van der Waals surface area (Å²) in [4.78, 5) is 26.4. The van der Waals surface area contributed by atoms with Crippen LogP contribution in [-0.4, -0.2) is 37.5 Å². The number of carbonyl (C=O) groups excluding carboxylic acids is 2. The number of carbonyl (C=O) groups is 2. The number of hydrogen-bond donors (Lipinski definition) is 0. The minimum Gasteiger partial charge on any atom is -0.465 e. The summed E-state index contributed by atoms with van der Waals surface area (Å²) < 4.78 is 90.0. The van der Waals surface area contributed by atoms with Crippen molar-refractivity contribution in [2.45, 2.75) is 78.6 Å². The van der Waals surface area contributed by atoms with Crippen LogP contribution in [0.2, 0.25) is 0 Å². The number of benzene rings is 2. The Morgan fingerprint density at radius 1 is 0.595 bits per heavy atom. The number of rotatable bonds is 15. The summed E-state index contributed by atoms with van der Waals surface area (Å²) in [5, 5.41) is 0. The first-order valence-corrected chi connectivity index (χ1v) is 13.9. The van der Waals surface area contributed by atoms with Gasteiger partial charge in [-0.1, -0.05) is 88.4 Å². The molecule has 2 unspecified atom stereocenters. The molecule has 0 radical (unpaired) electrons. The van der Waals surface area contributed by atoms with Crippen LogP contribution in [0.5, 0.6) is 0 Å². The largest absolute Gasteiger partial charge is 0.465 e. The first-order chi connectivity index (χ1) is 19.4. The molecule has 0 bridgehead atoms. The minimum absolute atomic E-state index is 0.200. The summed E-state index contributed by atoms with van der Waals surface area (Å²) >= 11 is 0. The van der Waals surface area contributed by atoms with E-state index in [4.69, 9.17) is 9.47 Å². The van der Waals surface area contributed by atoms with Gasteiger partial charge in [-0.05, 0) is 36.8 Å². The molecule has 0 saturated carbocycles. The first-order valence-electron chi connectivity index (χ1n) is 13.9. The highest BCUT2D eigenvalue weighted by Crippen LogP contribution is 2.35. The fourth-order valence-corrected chi connectivity index (χ4v) is 4.75. The average Bonchev–Trinajstić information content (AvgIpc) is 2.87. The normalized spacial score (nSPS) is 14.2. The molecule has 0 N–H and O–H groups in total. The lowest BCUT2D eigenvalue weighted by Crippen LogP contribution is -2.37. The van der Waals surface area contributed by atoms with Crippen LogP contribution in [-0.2, 0) is 31.9 Å². The molecular formula is C32H40F6O4. The zero-order valence-corrected chi connectivity index (χ0v) is 24.5. The zero-order valence-electron chi connectivity index (χ0n) is 24.5. The van der Waals surface area contributed by atoms with E-state index in [1.165, 1.54) is 0 Å². The molecule has 2 aromatic rings. The lowest BCUT2D eigenvalue weighted by molar-refractivity contribution is -0.172. The van der Waals surface area contributed by atoms with Crippen molar-refractivity contribution in [2.24, 2.45) is 22.7 Å². The number of esters is 2. The van der Waals surface area contributed by atoms with Gasteiger partial charge in [-0.2, -0.15) is 26.3 Å². The molecule has 0 saturated heterocycles. The minimum atomic E-state index is -4.69. The van der Waals surface area contributed by atoms with Gasteiger partial charge in [0.25, 0.3) is 0 Å². The maximum atomic E-state index is 13.2. The topological polar surface area (TPSA) is 52.6 Å². The van der Waals surface area contributed by atoms with Crippen LogP contribution < -0.4 is 0 Å². The van der Waals surface area contributed by atoms with Gasteiger partial charge >= 0.3 is 24.3 Å². The van der Waals surface area contributed by atoms with Crippen LogP contribution in [0.1, 0.15) is 64.5 Å². The fourth-order valence-electron chi connectivity index (χ4n) is 4.75. The molecule has 2 aromatic carbocycles. The van der Waals surface area contributed by atoms with Crippen LogP contribution in [0.25, 0.3) is 0 Å². The van der Waals surface area contributed by atoms with E-state index in [0.717, 1.165) is 11.1 Å². The molecule has 0 spiro atoms. The standard InChI is InChI=1S/C32H40F6O4/c1-29(2,19-23-11-7-5-8-12-23)21-41-27(39)25(15-17-31(33,34)35)26(16-18-32(36,37)38)28(40)42-22-30(3,4)20-24-13-9-6-10-14-24/h5-14,25-26H,15-22H2,1-4H3. The van der Waals surface area contributed by atoms with Crippen molar-refractivity contribution in [3.8, 4) is 0 Å². The quantitative estimate of drug-likeness (QED) is 0.152. The van der Waals surface area contributed by atoms with Crippen molar-refractivity contribution in [1.82, 2.24) is 0 Å². The third-order valence-electron chi connectivity index (χ3n) is 6.83. The highest BCUT2D eigenvalue weighted by atomic mass is 19.4. The van der Waals surface area contributed by atoms with Gasteiger partial charge in [0.2, 0.25) is 0 Å². The number of hydrogen-bond acceptors (Lipinski definition) is 4. The molecule has 0 aliphatic carbocycles. The van der Waals surface area contributed by atoms with E-state index in [9.17, 15) is 35.9 Å². The summed E-state index contributed by atoms with van der Waals surface area (Å²) in [6, 6.07) is 18.5. The Labute approximate surface area is 243 Å². The third kappa shape index (κ3) is 13.7. The van der Waals surface area contributed by atoms with E-state index in [-0.39, 0.29) is 13.2 Å². The highest BCUT2D eigenvalue weighted by molar-refractivity contribution is 5.82. The summed E-state index contributed by atoms with van der Waals surface area (Å²) in [5.41, 5.74) is 0.623. The molecule has 0 amide bonds. The Morgan fingerprint density at radius 2 is 0.905 bits per heavy atom. The predicted molar refractivity (Wildman–Crippen MR) is 147 cm³/mol. The molecule has 2 rings (SSSR count). The van der Waals surface area contributed by atoms with Crippen molar-refractivity contribution in [3.63, 3.8) is 0 Å². The second-order valence-electron chi connectivity index (χ2n) is 12.4. The molecule has 0 heterocycles. The van der Waals surface area contributed by atoms with E-state index in [1.54, 1.807) is 27.7 Å². The monoisotopic (exact) mass is 602 g/mol. The van der Waals surface area contributed by atoms with Crippen LogP contribution in [0, 0.1) is 22.7 Å². The maximum Gasteiger partial charge on any atom is 0.389 e. The SMILES string of the molecule is CC(C)(COC(=O)C(CCC(F)(F)F)C(CCC(F)(F)F)C(=O)OCC(C)(C)Cc1ccccc1)Cc1ccccc1. The number of halogens is 6. The number of ether oxygens (including phenoxy) is 2. The molecule has 0 fully saturated rings. The van der Waals surface area contributed by atoms with Crippen molar-refractivity contribution >= 4 is 11.9 Å². The van der Waals surface area contributed by atoms with Gasteiger partial charge < -0.3 is 9.47 Å². The van der Waals surface area contributed by atoms with Crippen LogP contribution in [0.15, 0.2) is 60.7 Å². The Balaban J connectivity index is 2.22. The second-order valence-corrected chi connectivity index (χ2v) is 12.4. The molecule has 234 valence electrons. The Morgan fingerprint density at radius 3 is 1.19 bits per heavy atom. The summed E-state index contributed by atoms with van der Waals surface area (Å²) in [5.74, 6) is -5.81. The molecule has 4 nitrogen and oxygen atoms in total. The van der Waals surface area contributed by atoms with E-state index in [2.05, 4.69) is 0 Å². The molecular weight excluding hydrogens is 562 g/mol. The van der Waals surface area contributed by atoms with Crippen molar-refractivity contribution in [3.05, 3.63) is 71.8 Å². The van der Waals surface area contributed by atoms with Gasteiger partial charge in [-0.25, -0.2) is 0 Å². The fraction of sp³-hybridized carbons (Fsp3) is 0.562. The van der Waals surface area contributed by atoms with Gasteiger partial charge in [-0.3, -0.25) is 9.59 Å². The van der Waals surface area contributed by atoms with Crippen molar-refractivity contribution in [1.29, 1.82) is 0 Å². The Bertz CT molecular complexity index is 1020. The van der Waals surface area contributed by atoms with Crippen LogP contribution >= 0.6 is 0 Å². The lowest BCUT2D eigenvalue weighted by atomic mass is 9.83. The third-order valence-corrected chi connectivity index (χ3v) is 6.83. The van der Waals surface area contributed by atoms with Gasteiger partial charge in [0, 0.05) is 23.7 Å². The smallest absolute Gasteiger partial charge is 0.389 e. The van der Waals surface area contributed by atoms with Crippen LogP contribution in [0.3, 0.4) is 0 Å². The summed E-state index contributed by atoms with van der Waals surface area (Å²) in [6.45, 7) is 6.78. The van der Waals surface area contributed by atoms with E-state index in [1.807, 2.05) is 60.7 Å². The maximum absolute atomic E-state index is 13.2. The Hall–Kier alpha value is -3.04. The zero-order chi connectivity index (χ0) is 31.6. The summed E-state index contributed by atoms with van der Waals surface area (Å²) in [7, 11) is 0. The van der Waals surface area contributed by atoms with Gasteiger partial charge in [0.05, 0.1) is 25.0 Å². The van der Waals surface area contributed by atoms with Crippen molar-refractivity contribution in [2.75, 3.05) is 13.2 Å². The highest BCUT2D eigenvalue weighted by Gasteiger charge is 2.42. The van der Waals surface area contributed by atoms with E-state index in [0.29, 0.717) is 12.8 Å². The molecule has 10 heteroatoms. The molecule has 0 aliphatic heterocycles. The van der Waals surface area contributed by atoms with E-state index >= 15 is 0 Å². The van der Waals surface area contributed by atoms with Crippen LogP contribution in [0.4, 0.5) is 26.3 Å². The summed E-state index contributed by atoms with van der Waals surface area (Å²) in [6.07, 6.45) is -13.2. The molecule has 2 atom stereocenters. The Kier molecular flexibility index (Phi) is 12.5. The van der Waals surface area contributed by atoms with E-state index < -0.39 is 72.6 Å². The molecule has 42 heavy (non-hydrogen) atoms. The van der Waals surface area contributed by atoms with Gasteiger partial charge in [0.15, 0.2) is 0 Å². The second kappa shape index (κ2) is 14.9. The van der Waals surface area contributed by atoms with Gasteiger partial charge in [-0.15, -0.1) is 0 Å². The van der Waals surface area contributed by atoms with Crippen molar-refractivity contribution < 1.29 is 45.4 Å². The molecule has 0 aromatic heterocycles. The number of alkyl halides is 6. The molecule has 0 aliphatic rings. The average molecular weight is 603 g/mol. The predicted octanol–water partition coefficient (Wildman–Crippen LogP) is 8.53.